The second kappa shape index (κ2) is 6.01. The number of hydrogen-bond acceptors (Lipinski definition) is 2. The van der Waals surface area contributed by atoms with E-state index in [1.54, 1.807) is 6.07 Å². The first kappa shape index (κ1) is 14.5. The van der Waals surface area contributed by atoms with Gasteiger partial charge in [0.2, 0.25) is 0 Å². The summed E-state index contributed by atoms with van der Waals surface area (Å²) in [7, 11) is 1.53. The lowest BCUT2D eigenvalue weighted by Gasteiger charge is -2.15. The lowest BCUT2D eigenvalue weighted by atomic mass is 9.99. The number of halogens is 2. The van der Waals surface area contributed by atoms with E-state index in [0.29, 0.717) is 16.9 Å². The molecule has 2 rings (SSSR count). The Kier molecular flexibility index (Phi) is 4.35. The van der Waals surface area contributed by atoms with Gasteiger partial charge in [-0.2, -0.15) is 0 Å². The summed E-state index contributed by atoms with van der Waals surface area (Å²) in [6, 6.07) is 9.10. The summed E-state index contributed by atoms with van der Waals surface area (Å²) in [6.07, 6.45) is -0.647. The summed E-state index contributed by atoms with van der Waals surface area (Å²) < 4.78 is 31.2. The van der Waals surface area contributed by atoms with Crippen molar-refractivity contribution < 1.29 is 18.6 Å². The molecule has 1 N–H and O–H groups in total. The summed E-state index contributed by atoms with van der Waals surface area (Å²) in [5.74, 6) is -1.23. The van der Waals surface area contributed by atoms with Crippen LogP contribution in [0.2, 0.25) is 0 Å². The van der Waals surface area contributed by atoms with Gasteiger partial charge in [0.1, 0.15) is 5.75 Å². The van der Waals surface area contributed by atoms with Gasteiger partial charge in [-0.05, 0) is 36.8 Å². The Hall–Kier alpha value is -1.94. The minimum atomic E-state index is -0.911. The van der Waals surface area contributed by atoms with Crippen LogP contribution in [0, 0.1) is 18.6 Å². The van der Waals surface area contributed by atoms with Gasteiger partial charge in [0, 0.05) is 12.0 Å². The molecule has 1 unspecified atom stereocenters. The van der Waals surface area contributed by atoms with Crippen molar-refractivity contribution >= 4 is 0 Å². The molecule has 106 valence electrons. The van der Waals surface area contributed by atoms with E-state index in [4.69, 9.17) is 4.74 Å². The second-order valence-corrected chi connectivity index (χ2v) is 4.71. The summed E-state index contributed by atoms with van der Waals surface area (Å²) in [5.41, 5.74) is 2.15. The second-order valence-electron chi connectivity index (χ2n) is 4.71. The third-order valence-electron chi connectivity index (χ3n) is 3.16. The molecule has 20 heavy (non-hydrogen) atoms. The van der Waals surface area contributed by atoms with E-state index < -0.39 is 17.7 Å². The lowest BCUT2D eigenvalue weighted by molar-refractivity contribution is 0.174. The molecule has 0 fully saturated rings. The van der Waals surface area contributed by atoms with Gasteiger partial charge in [-0.3, -0.25) is 0 Å². The van der Waals surface area contributed by atoms with Crippen LogP contribution in [0.15, 0.2) is 36.4 Å². The highest BCUT2D eigenvalue weighted by Crippen LogP contribution is 2.28. The number of aryl methyl sites for hydroxylation is 1. The zero-order valence-electron chi connectivity index (χ0n) is 11.4. The quantitative estimate of drug-likeness (QED) is 0.926. The number of aliphatic hydroxyl groups is 1. The third kappa shape index (κ3) is 3.14. The van der Waals surface area contributed by atoms with Gasteiger partial charge < -0.3 is 9.84 Å². The Labute approximate surface area is 116 Å². The summed E-state index contributed by atoms with van der Waals surface area (Å²) in [4.78, 5) is 0. The number of aliphatic hydroxyl groups excluding tert-OH is 1. The molecule has 1 atom stereocenters. The molecule has 0 saturated heterocycles. The predicted molar refractivity (Wildman–Crippen MR) is 72.8 cm³/mol. The monoisotopic (exact) mass is 278 g/mol. The zero-order chi connectivity index (χ0) is 14.7. The molecular weight excluding hydrogens is 262 g/mol. The predicted octanol–water partition coefficient (Wildman–Crippen LogP) is 3.56. The SMILES string of the molecule is COc1ccc(C)cc1C(O)Cc1ccc(F)c(F)c1. The standard InChI is InChI=1S/C16H16F2O2/c1-10-3-6-16(20-2)12(7-10)15(19)9-11-4-5-13(17)14(18)8-11/h3-8,15,19H,9H2,1-2H3. The molecule has 2 nitrogen and oxygen atoms in total. The Balaban J connectivity index is 2.25. The van der Waals surface area contributed by atoms with Crippen LogP contribution in [0.4, 0.5) is 8.78 Å². The topological polar surface area (TPSA) is 29.5 Å². The van der Waals surface area contributed by atoms with Crippen molar-refractivity contribution in [2.75, 3.05) is 7.11 Å². The zero-order valence-corrected chi connectivity index (χ0v) is 11.4. The first-order valence-electron chi connectivity index (χ1n) is 6.28. The average molecular weight is 278 g/mol. The van der Waals surface area contributed by atoms with Gasteiger partial charge >= 0.3 is 0 Å². The maximum absolute atomic E-state index is 13.2. The smallest absolute Gasteiger partial charge is 0.159 e. The van der Waals surface area contributed by atoms with E-state index in [9.17, 15) is 13.9 Å². The van der Waals surface area contributed by atoms with Gasteiger partial charge in [0.25, 0.3) is 0 Å². The number of methoxy groups -OCH3 is 1. The summed E-state index contributed by atoms with van der Waals surface area (Å²) >= 11 is 0. The van der Waals surface area contributed by atoms with Crippen LogP contribution in [0.5, 0.6) is 5.75 Å². The van der Waals surface area contributed by atoms with E-state index >= 15 is 0 Å². The van der Waals surface area contributed by atoms with E-state index in [1.807, 2.05) is 19.1 Å². The Morgan fingerprint density at radius 3 is 2.50 bits per heavy atom. The Morgan fingerprint density at radius 1 is 1.10 bits per heavy atom. The largest absolute Gasteiger partial charge is 0.496 e. The fourth-order valence-corrected chi connectivity index (χ4v) is 2.11. The molecule has 0 aliphatic heterocycles. The third-order valence-corrected chi connectivity index (χ3v) is 3.16. The highest BCUT2D eigenvalue weighted by atomic mass is 19.2. The number of hydrogen-bond donors (Lipinski definition) is 1. The van der Waals surface area contributed by atoms with Crippen molar-refractivity contribution in [1.82, 2.24) is 0 Å². The molecule has 0 amide bonds. The van der Waals surface area contributed by atoms with Crippen molar-refractivity contribution in [3.8, 4) is 5.75 Å². The molecule has 0 heterocycles. The highest BCUT2D eigenvalue weighted by molar-refractivity contribution is 5.39. The van der Waals surface area contributed by atoms with E-state index in [0.717, 1.165) is 17.7 Å². The van der Waals surface area contributed by atoms with Crippen LogP contribution >= 0.6 is 0 Å². The van der Waals surface area contributed by atoms with Crippen molar-refractivity contribution in [2.45, 2.75) is 19.4 Å². The molecule has 0 aliphatic rings. The van der Waals surface area contributed by atoms with Crippen molar-refractivity contribution in [3.05, 3.63) is 64.7 Å². The fraction of sp³-hybridized carbons (Fsp3) is 0.250. The number of ether oxygens (including phenoxy) is 1. The molecular formula is C16H16F2O2. The number of rotatable bonds is 4. The maximum atomic E-state index is 13.2. The summed E-state index contributed by atoms with van der Waals surface area (Å²) in [5, 5.41) is 10.3. The van der Waals surface area contributed by atoms with Crippen LogP contribution < -0.4 is 4.74 Å². The molecule has 2 aromatic carbocycles. The van der Waals surface area contributed by atoms with Gasteiger partial charge in [0.15, 0.2) is 11.6 Å². The minimum Gasteiger partial charge on any atom is -0.496 e. The van der Waals surface area contributed by atoms with Crippen LogP contribution in [0.25, 0.3) is 0 Å². The van der Waals surface area contributed by atoms with Gasteiger partial charge in [-0.15, -0.1) is 0 Å². The van der Waals surface area contributed by atoms with Crippen LogP contribution in [0.1, 0.15) is 22.8 Å². The lowest BCUT2D eigenvalue weighted by Crippen LogP contribution is -2.05. The summed E-state index contributed by atoms with van der Waals surface area (Å²) in [6.45, 7) is 1.91. The molecule has 0 aromatic heterocycles. The average Bonchev–Trinajstić information content (AvgIpc) is 2.43. The molecule has 0 radical (unpaired) electrons. The number of benzene rings is 2. The first-order chi connectivity index (χ1) is 9.51. The van der Waals surface area contributed by atoms with E-state index in [2.05, 4.69) is 0 Å². The van der Waals surface area contributed by atoms with Crippen LogP contribution in [-0.4, -0.2) is 12.2 Å². The minimum absolute atomic E-state index is 0.191. The van der Waals surface area contributed by atoms with Crippen LogP contribution in [-0.2, 0) is 6.42 Å². The molecule has 0 saturated carbocycles. The van der Waals surface area contributed by atoms with Gasteiger partial charge in [-0.25, -0.2) is 8.78 Å². The molecule has 0 aliphatic carbocycles. The van der Waals surface area contributed by atoms with E-state index in [1.165, 1.54) is 13.2 Å². The van der Waals surface area contributed by atoms with Crippen LogP contribution in [0.3, 0.4) is 0 Å². The Morgan fingerprint density at radius 2 is 1.85 bits per heavy atom. The maximum Gasteiger partial charge on any atom is 0.159 e. The van der Waals surface area contributed by atoms with Gasteiger partial charge in [-0.1, -0.05) is 17.7 Å². The molecule has 2 aromatic rings. The fourth-order valence-electron chi connectivity index (χ4n) is 2.11. The van der Waals surface area contributed by atoms with Gasteiger partial charge in [0.05, 0.1) is 13.2 Å². The van der Waals surface area contributed by atoms with Crippen molar-refractivity contribution in [1.29, 1.82) is 0 Å². The highest BCUT2D eigenvalue weighted by Gasteiger charge is 2.15. The van der Waals surface area contributed by atoms with Crippen molar-refractivity contribution in [3.63, 3.8) is 0 Å². The Bertz CT molecular complexity index is 611. The normalized spacial score (nSPS) is 12.2. The first-order valence-corrected chi connectivity index (χ1v) is 6.28. The van der Waals surface area contributed by atoms with Crippen molar-refractivity contribution in [2.24, 2.45) is 0 Å². The molecule has 0 bridgehead atoms. The molecule has 0 spiro atoms. The molecule has 4 heteroatoms. The van der Waals surface area contributed by atoms with E-state index in [-0.39, 0.29) is 6.42 Å².